The number of carbonyl (C=O) groups is 2. The van der Waals surface area contributed by atoms with Crippen LogP contribution in [0.25, 0.3) is 0 Å². The molecule has 0 aromatic rings. The molecular weight excluding hydrogens is 154 g/mol. The van der Waals surface area contributed by atoms with Crippen LogP contribution in [0.5, 0.6) is 0 Å². The second-order valence-corrected chi connectivity index (χ2v) is 3.03. The van der Waals surface area contributed by atoms with Crippen molar-refractivity contribution < 1.29 is 9.59 Å². The minimum atomic E-state index is -0.0680. The second kappa shape index (κ2) is 4.04. The highest BCUT2D eigenvalue weighted by molar-refractivity contribution is 5.87. The molecule has 0 N–H and O–H groups in total. The first-order valence-corrected chi connectivity index (χ1v) is 4.14. The van der Waals surface area contributed by atoms with Gasteiger partial charge in [0.2, 0.25) is 5.91 Å². The van der Waals surface area contributed by atoms with Crippen LogP contribution in [0.3, 0.4) is 0 Å². The molecule has 0 bridgehead atoms. The summed E-state index contributed by atoms with van der Waals surface area (Å²) in [4.78, 5) is 23.2. The molecule has 1 atom stereocenters. The molecule has 12 heavy (non-hydrogen) atoms. The van der Waals surface area contributed by atoms with E-state index in [0.717, 1.165) is 25.7 Å². The van der Waals surface area contributed by atoms with E-state index in [4.69, 9.17) is 0 Å². The summed E-state index contributed by atoms with van der Waals surface area (Å²) in [5, 5.41) is 0. The molecule has 0 aromatic carbocycles. The minimum Gasteiger partial charge on any atom is -0.338 e. The third-order valence-electron chi connectivity index (χ3n) is 2.14. The van der Waals surface area contributed by atoms with Crippen LogP contribution in [0.1, 0.15) is 12.8 Å². The summed E-state index contributed by atoms with van der Waals surface area (Å²) in [5.74, 6) is -0.0378. The van der Waals surface area contributed by atoms with Gasteiger partial charge < -0.3 is 9.69 Å². The molecule has 0 radical (unpaired) electrons. The van der Waals surface area contributed by atoms with Gasteiger partial charge >= 0.3 is 0 Å². The molecule has 3 nitrogen and oxygen atoms in total. The summed E-state index contributed by atoms with van der Waals surface area (Å²) in [6.07, 6.45) is 4.06. The Balaban J connectivity index is 2.50. The van der Waals surface area contributed by atoms with Crippen molar-refractivity contribution in [1.29, 1.82) is 0 Å². The van der Waals surface area contributed by atoms with Gasteiger partial charge in [0.1, 0.15) is 6.29 Å². The summed E-state index contributed by atoms with van der Waals surface area (Å²) in [7, 11) is 0. The third-order valence-corrected chi connectivity index (χ3v) is 2.14. The summed E-state index contributed by atoms with van der Waals surface area (Å²) >= 11 is 0. The number of amides is 1. The zero-order valence-electron chi connectivity index (χ0n) is 7.03. The Kier molecular flexibility index (Phi) is 3.02. The number of aldehydes is 1. The average Bonchev–Trinajstić information content (AvgIpc) is 2.17. The van der Waals surface area contributed by atoms with E-state index in [1.165, 1.54) is 6.08 Å². The molecule has 0 spiro atoms. The fourth-order valence-electron chi connectivity index (χ4n) is 1.45. The van der Waals surface area contributed by atoms with Gasteiger partial charge in [0, 0.05) is 19.0 Å². The number of hydrogen-bond donors (Lipinski definition) is 0. The topological polar surface area (TPSA) is 37.4 Å². The molecule has 1 unspecified atom stereocenters. The molecule has 1 amide bonds. The van der Waals surface area contributed by atoms with Gasteiger partial charge in [-0.15, -0.1) is 0 Å². The quantitative estimate of drug-likeness (QED) is 0.446. The van der Waals surface area contributed by atoms with Crippen molar-refractivity contribution in [1.82, 2.24) is 4.90 Å². The Labute approximate surface area is 72.0 Å². The average molecular weight is 167 g/mol. The van der Waals surface area contributed by atoms with E-state index in [0.29, 0.717) is 6.54 Å². The van der Waals surface area contributed by atoms with Crippen LogP contribution < -0.4 is 0 Å². The van der Waals surface area contributed by atoms with E-state index in [-0.39, 0.29) is 11.8 Å². The Bertz CT molecular complexity index is 201. The standard InChI is InChI=1S/C9H13NO2/c1-2-9(12)10-5-3-4-8(6-10)7-11/h2,7-8H,1,3-6H2. The normalized spacial score (nSPS) is 23.3. The maximum Gasteiger partial charge on any atom is 0.245 e. The molecule has 0 saturated carbocycles. The van der Waals surface area contributed by atoms with Crippen molar-refractivity contribution in [2.75, 3.05) is 13.1 Å². The fourth-order valence-corrected chi connectivity index (χ4v) is 1.45. The Morgan fingerprint density at radius 2 is 2.33 bits per heavy atom. The van der Waals surface area contributed by atoms with Gasteiger partial charge in [-0.05, 0) is 18.9 Å². The van der Waals surface area contributed by atoms with Crippen molar-refractivity contribution in [3.8, 4) is 0 Å². The summed E-state index contributed by atoms with van der Waals surface area (Å²) in [6.45, 7) is 4.73. The first-order chi connectivity index (χ1) is 5.77. The van der Waals surface area contributed by atoms with Crippen LogP contribution in [0.15, 0.2) is 12.7 Å². The summed E-state index contributed by atoms with van der Waals surface area (Å²) < 4.78 is 0. The van der Waals surface area contributed by atoms with Gasteiger partial charge in [0.05, 0.1) is 0 Å². The molecular formula is C9H13NO2. The van der Waals surface area contributed by atoms with Gasteiger partial charge in [-0.25, -0.2) is 0 Å². The number of nitrogens with zero attached hydrogens (tertiary/aromatic N) is 1. The first kappa shape index (κ1) is 8.97. The molecule has 3 heteroatoms. The van der Waals surface area contributed by atoms with Crippen molar-refractivity contribution in [3.63, 3.8) is 0 Å². The van der Waals surface area contributed by atoms with Crippen molar-refractivity contribution in [3.05, 3.63) is 12.7 Å². The van der Waals surface area contributed by atoms with Crippen molar-refractivity contribution >= 4 is 12.2 Å². The molecule has 1 heterocycles. The van der Waals surface area contributed by atoms with Crippen LogP contribution in [0, 0.1) is 5.92 Å². The highest BCUT2D eigenvalue weighted by atomic mass is 16.2. The molecule has 1 aliphatic rings. The van der Waals surface area contributed by atoms with Gasteiger partial charge in [-0.1, -0.05) is 6.58 Å². The van der Waals surface area contributed by atoms with Crippen LogP contribution in [0.2, 0.25) is 0 Å². The van der Waals surface area contributed by atoms with Crippen LogP contribution in [-0.4, -0.2) is 30.2 Å². The predicted molar refractivity (Wildman–Crippen MR) is 45.6 cm³/mol. The lowest BCUT2D eigenvalue weighted by Crippen LogP contribution is -2.39. The number of likely N-dealkylation sites (tertiary alicyclic amines) is 1. The van der Waals surface area contributed by atoms with Gasteiger partial charge in [0.15, 0.2) is 0 Å². The number of hydrogen-bond acceptors (Lipinski definition) is 2. The minimum absolute atomic E-state index is 0.0302. The molecule has 1 fully saturated rings. The predicted octanol–water partition coefficient (Wildman–Crippen LogP) is 0.610. The van der Waals surface area contributed by atoms with Gasteiger partial charge in [-0.3, -0.25) is 4.79 Å². The van der Waals surface area contributed by atoms with E-state index in [1.807, 2.05) is 0 Å². The van der Waals surface area contributed by atoms with E-state index >= 15 is 0 Å². The van der Waals surface area contributed by atoms with Crippen molar-refractivity contribution in [2.45, 2.75) is 12.8 Å². The largest absolute Gasteiger partial charge is 0.338 e. The highest BCUT2D eigenvalue weighted by Crippen LogP contribution is 2.14. The van der Waals surface area contributed by atoms with E-state index in [2.05, 4.69) is 6.58 Å². The molecule has 0 aliphatic carbocycles. The SMILES string of the molecule is C=CC(=O)N1CCCC(C=O)C1. The molecule has 1 saturated heterocycles. The Morgan fingerprint density at radius 1 is 1.58 bits per heavy atom. The first-order valence-electron chi connectivity index (χ1n) is 4.14. The smallest absolute Gasteiger partial charge is 0.245 e. The van der Waals surface area contributed by atoms with E-state index in [9.17, 15) is 9.59 Å². The number of piperidine rings is 1. The van der Waals surface area contributed by atoms with Crippen molar-refractivity contribution in [2.24, 2.45) is 5.92 Å². The lowest BCUT2D eigenvalue weighted by atomic mass is 10.00. The zero-order chi connectivity index (χ0) is 8.97. The molecule has 66 valence electrons. The Hall–Kier alpha value is -1.12. The molecule has 1 aliphatic heterocycles. The highest BCUT2D eigenvalue weighted by Gasteiger charge is 2.21. The summed E-state index contributed by atoms with van der Waals surface area (Å²) in [6, 6.07) is 0. The lowest BCUT2D eigenvalue weighted by Gasteiger charge is -2.29. The van der Waals surface area contributed by atoms with Crippen LogP contribution in [-0.2, 0) is 9.59 Å². The zero-order valence-corrected chi connectivity index (χ0v) is 7.03. The molecule has 0 aromatic heterocycles. The number of carbonyl (C=O) groups excluding carboxylic acids is 2. The van der Waals surface area contributed by atoms with Crippen LogP contribution in [0.4, 0.5) is 0 Å². The van der Waals surface area contributed by atoms with E-state index in [1.54, 1.807) is 4.90 Å². The van der Waals surface area contributed by atoms with Gasteiger partial charge in [-0.2, -0.15) is 0 Å². The number of rotatable bonds is 2. The fraction of sp³-hybridized carbons (Fsp3) is 0.556. The van der Waals surface area contributed by atoms with Crippen LogP contribution >= 0.6 is 0 Å². The molecule has 1 rings (SSSR count). The maximum absolute atomic E-state index is 11.1. The Morgan fingerprint density at radius 3 is 2.92 bits per heavy atom. The third kappa shape index (κ3) is 1.94. The lowest BCUT2D eigenvalue weighted by molar-refractivity contribution is -0.128. The van der Waals surface area contributed by atoms with Gasteiger partial charge in [0.25, 0.3) is 0 Å². The summed E-state index contributed by atoms with van der Waals surface area (Å²) in [5.41, 5.74) is 0. The van der Waals surface area contributed by atoms with E-state index < -0.39 is 0 Å². The second-order valence-electron chi connectivity index (χ2n) is 3.03. The maximum atomic E-state index is 11.1. The monoisotopic (exact) mass is 167 g/mol.